The van der Waals surface area contributed by atoms with E-state index in [2.05, 4.69) is 31.9 Å². The van der Waals surface area contributed by atoms with E-state index in [0.717, 1.165) is 9.35 Å². The maximum Gasteiger partial charge on any atom is 0.299 e. The number of carbonyl (C=O) groups is 2. The van der Waals surface area contributed by atoms with E-state index in [0.29, 0.717) is 5.69 Å². The number of nitrogens with zero attached hydrogens (tertiary/aromatic N) is 1. The molecule has 20 heavy (non-hydrogen) atoms. The number of hydrogen-bond acceptors (Lipinski definition) is 3. The highest BCUT2D eigenvalue weighted by molar-refractivity contribution is 9.10. The molecule has 102 valence electrons. The summed E-state index contributed by atoms with van der Waals surface area (Å²) < 4.78 is 14.7. The van der Waals surface area contributed by atoms with Gasteiger partial charge in [0.15, 0.2) is 0 Å². The molecule has 3 nitrogen and oxygen atoms in total. The van der Waals surface area contributed by atoms with Crippen molar-refractivity contribution in [1.29, 1.82) is 0 Å². The van der Waals surface area contributed by atoms with E-state index in [4.69, 9.17) is 0 Å². The van der Waals surface area contributed by atoms with Crippen LogP contribution < -0.4 is 4.90 Å². The van der Waals surface area contributed by atoms with Gasteiger partial charge in [0.1, 0.15) is 5.82 Å². The first-order valence-corrected chi connectivity index (χ1v) is 8.02. The van der Waals surface area contributed by atoms with E-state index in [1.807, 2.05) is 11.4 Å². The minimum atomic E-state index is -0.623. The van der Waals surface area contributed by atoms with E-state index in [9.17, 15) is 14.0 Å². The second-order valence-corrected chi connectivity index (χ2v) is 7.00. The maximum absolute atomic E-state index is 13.6. The van der Waals surface area contributed by atoms with Crippen molar-refractivity contribution in [1.82, 2.24) is 0 Å². The van der Waals surface area contributed by atoms with Gasteiger partial charge in [0.2, 0.25) is 0 Å². The van der Waals surface area contributed by atoms with Crippen molar-refractivity contribution in [3.05, 3.63) is 48.8 Å². The average molecular weight is 419 g/mol. The van der Waals surface area contributed by atoms with Crippen LogP contribution in [0.15, 0.2) is 32.5 Å². The number of carbonyl (C=O) groups excluding carboxylic acids is 2. The summed E-state index contributed by atoms with van der Waals surface area (Å²) in [7, 11) is 0. The molecule has 1 amide bonds. The zero-order valence-corrected chi connectivity index (χ0v) is 13.8. The normalized spacial score (nSPS) is 14.1. The van der Waals surface area contributed by atoms with Crippen molar-refractivity contribution < 1.29 is 14.0 Å². The van der Waals surface area contributed by atoms with E-state index >= 15 is 0 Å². The first-order chi connectivity index (χ1) is 9.47. The lowest BCUT2D eigenvalue weighted by Crippen LogP contribution is -2.28. The number of halogens is 3. The molecule has 0 bridgehead atoms. The summed E-state index contributed by atoms with van der Waals surface area (Å²) in [5, 5.41) is 1.89. The summed E-state index contributed by atoms with van der Waals surface area (Å²) in [4.78, 5) is 26.2. The Hall–Kier alpha value is -1.05. The summed E-state index contributed by atoms with van der Waals surface area (Å²) in [5.74, 6) is -1.72. The van der Waals surface area contributed by atoms with E-state index in [1.54, 1.807) is 0 Å². The van der Waals surface area contributed by atoms with Crippen molar-refractivity contribution in [3.63, 3.8) is 0 Å². The molecule has 1 aliphatic heterocycles. The fraction of sp³-hybridized carbons (Fsp3) is 0.0769. The number of hydrogen-bond donors (Lipinski definition) is 0. The van der Waals surface area contributed by atoms with Gasteiger partial charge in [-0.2, -0.15) is 0 Å². The second kappa shape index (κ2) is 5.05. The van der Waals surface area contributed by atoms with Crippen LogP contribution in [0.1, 0.15) is 15.2 Å². The van der Waals surface area contributed by atoms with Gasteiger partial charge < -0.3 is 0 Å². The molecule has 1 aromatic heterocycles. The third-order valence-corrected chi connectivity index (χ3v) is 5.24. The molecule has 0 aliphatic carbocycles. The van der Waals surface area contributed by atoms with Crippen LogP contribution in [0.25, 0.3) is 0 Å². The van der Waals surface area contributed by atoms with E-state index < -0.39 is 17.5 Å². The fourth-order valence-electron chi connectivity index (χ4n) is 2.04. The molecule has 0 atom stereocenters. The van der Waals surface area contributed by atoms with Gasteiger partial charge >= 0.3 is 0 Å². The predicted octanol–water partition coefficient (Wildman–Crippen LogP) is 4.14. The van der Waals surface area contributed by atoms with Crippen molar-refractivity contribution in [2.75, 3.05) is 4.90 Å². The molecule has 2 heterocycles. The number of Topliss-reactive ketones (excluding diaryl/α,β-unsaturated/α-hetero) is 1. The highest BCUT2D eigenvalue weighted by Crippen LogP contribution is 2.35. The number of ketones is 1. The number of anilines is 1. The molecule has 0 spiro atoms. The second-order valence-electron chi connectivity index (χ2n) is 4.24. The monoisotopic (exact) mass is 417 g/mol. The van der Waals surface area contributed by atoms with Gasteiger partial charge in [0.05, 0.1) is 22.3 Å². The molecular weight excluding hydrogens is 413 g/mol. The van der Waals surface area contributed by atoms with Crippen LogP contribution >= 0.6 is 43.2 Å². The van der Waals surface area contributed by atoms with E-state index in [-0.39, 0.29) is 16.6 Å². The summed E-state index contributed by atoms with van der Waals surface area (Å²) in [5.41, 5.74) is 0.559. The Morgan fingerprint density at radius 3 is 2.60 bits per heavy atom. The molecule has 1 aliphatic rings. The predicted molar refractivity (Wildman–Crippen MR) is 81.6 cm³/mol. The first kappa shape index (κ1) is 13.9. The summed E-state index contributed by atoms with van der Waals surface area (Å²) in [6, 6.07) is 4.44. The highest BCUT2D eigenvalue weighted by atomic mass is 79.9. The number of benzene rings is 1. The van der Waals surface area contributed by atoms with Crippen LogP contribution in [0.3, 0.4) is 0 Å². The first-order valence-electron chi connectivity index (χ1n) is 5.55. The molecule has 2 aromatic rings. The smallest absolute Gasteiger partial charge is 0.299 e. The third-order valence-electron chi connectivity index (χ3n) is 2.95. The van der Waals surface area contributed by atoms with Crippen LogP contribution in [-0.2, 0) is 11.3 Å². The quantitative estimate of drug-likeness (QED) is 0.687. The zero-order chi connectivity index (χ0) is 14.4. The van der Waals surface area contributed by atoms with Crippen molar-refractivity contribution in [3.8, 4) is 0 Å². The summed E-state index contributed by atoms with van der Waals surface area (Å²) in [6.07, 6.45) is 0. The Morgan fingerprint density at radius 2 is 1.95 bits per heavy atom. The number of rotatable bonds is 2. The minimum absolute atomic E-state index is 0.179. The van der Waals surface area contributed by atoms with Gasteiger partial charge in [-0.1, -0.05) is 0 Å². The lowest BCUT2D eigenvalue weighted by atomic mass is 10.1. The molecule has 0 saturated heterocycles. The Morgan fingerprint density at radius 1 is 1.20 bits per heavy atom. The number of fused-ring (bicyclic) bond motifs is 1. The SMILES string of the molecule is O=C1C(=O)N(Cc2cc(Br)cs2)c2cc(F)c(Br)cc21. The van der Waals surface area contributed by atoms with Crippen molar-refractivity contribution >= 4 is 60.6 Å². The molecule has 0 N–H and O–H groups in total. The number of amides is 1. The topological polar surface area (TPSA) is 37.4 Å². The molecular formula is C13H6Br2FNO2S. The van der Waals surface area contributed by atoms with E-state index in [1.165, 1.54) is 28.4 Å². The van der Waals surface area contributed by atoms with Crippen LogP contribution in [0.2, 0.25) is 0 Å². The van der Waals surface area contributed by atoms with Gasteiger partial charge in [-0.3, -0.25) is 14.5 Å². The van der Waals surface area contributed by atoms with Gasteiger partial charge in [0.25, 0.3) is 11.7 Å². The number of thiophene rings is 1. The largest absolute Gasteiger partial charge is 0.299 e. The summed E-state index contributed by atoms with van der Waals surface area (Å²) in [6.45, 7) is 0.259. The molecule has 0 radical (unpaired) electrons. The van der Waals surface area contributed by atoms with Crippen LogP contribution in [0.5, 0.6) is 0 Å². The van der Waals surface area contributed by atoms with Crippen LogP contribution in [-0.4, -0.2) is 11.7 Å². The molecule has 0 saturated carbocycles. The maximum atomic E-state index is 13.6. The highest BCUT2D eigenvalue weighted by Gasteiger charge is 2.36. The average Bonchev–Trinajstić information content (AvgIpc) is 2.90. The molecule has 0 fully saturated rings. The van der Waals surface area contributed by atoms with Crippen LogP contribution in [0, 0.1) is 5.82 Å². The molecule has 0 unspecified atom stereocenters. The Kier molecular flexibility index (Phi) is 3.51. The fourth-order valence-corrected chi connectivity index (χ4v) is 3.82. The Balaban J connectivity index is 2.03. The van der Waals surface area contributed by atoms with Gasteiger partial charge in [0, 0.05) is 14.7 Å². The summed E-state index contributed by atoms with van der Waals surface area (Å²) >= 11 is 7.83. The minimum Gasteiger partial charge on any atom is -0.299 e. The van der Waals surface area contributed by atoms with Crippen molar-refractivity contribution in [2.24, 2.45) is 0 Å². The molecule has 7 heteroatoms. The lowest BCUT2D eigenvalue weighted by molar-refractivity contribution is -0.114. The zero-order valence-electron chi connectivity index (χ0n) is 9.82. The molecule has 1 aromatic carbocycles. The lowest BCUT2D eigenvalue weighted by Gasteiger charge is -2.15. The Labute approximate surface area is 134 Å². The standard InChI is InChI=1S/C13H6Br2FNO2S/c14-6-1-7(20-5-6)4-17-11-3-10(16)9(15)2-8(11)12(18)13(17)19/h1-3,5H,4H2. The third kappa shape index (κ3) is 2.23. The molecule has 3 rings (SSSR count). The van der Waals surface area contributed by atoms with Crippen LogP contribution in [0.4, 0.5) is 10.1 Å². The van der Waals surface area contributed by atoms with Gasteiger partial charge in [-0.25, -0.2) is 4.39 Å². The van der Waals surface area contributed by atoms with Gasteiger partial charge in [-0.05, 0) is 50.1 Å². The Bertz CT molecular complexity index is 744. The van der Waals surface area contributed by atoms with Crippen molar-refractivity contribution in [2.45, 2.75) is 6.54 Å². The van der Waals surface area contributed by atoms with Gasteiger partial charge in [-0.15, -0.1) is 11.3 Å².